The number of aromatic nitrogens is 4. The first-order valence-corrected chi connectivity index (χ1v) is 8.52. The summed E-state index contributed by atoms with van der Waals surface area (Å²) in [7, 11) is 1.80. The fourth-order valence-corrected chi connectivity index (χ4v) is 2.67. The van der Waals surface area contributed by atoms with Crippen LogP contribution < -0.4 is 0 Å². The Morgan fingerprint density at radius 3 is 2.39 bits per heavy atom. The molecule has 11 heteroatoms. The molecule has 0 spiro atoms. The molecule has 2 aromatic rings. The maximum atomic E-state index is 12.7. The lowest BCUT2D eigenvalue weighted by Gasteiger charge is -2.25. The second kappa shape index (κ2) is 8.81. The zero-order valence-electron chi connectivity index (χ0n) is 15.3. The Balaban J connectivity index is 0.000000345. The highest BCUT2D eigenvalue weighted by Crippen LogP contribution is 2.21. The minimum atomic E-state index is -5.08. The van der Waals surface area contributed by atoms with Crippen LogP contribution in [-0.2, 0) is 17.8 Å². The van der Waals surface area contributed by atoms with E-state index >= 15 is 0 Å². The highest BCUT2D eigenvalue weighted by atomic mass is 19.4. The first kappa shape index (κ1) is 21.3. The number of aryl methyl sites for hydroxylation is 1. The number of alkyl halides is 3. The van der Waals surface area contributed by atoms with E-state index in [1.165, 1.54) is 0 Å². The van der Waals surface area contributed by atoms with Crippen LogP contribution in [0.25, 0.3) is 0 Å². The Morgan fingerprint density at radius 2 is 1.82 bits per heavy atom. The summed E-state index contributed by atoms with van der Waals surface area (Å²) >= 11 is 0. The number of aliphatic carboxylic acids is 1. The van der Waals surface area contributed by atoms with Gasteiger partial charge in [-0.1, -0.05) is 0 Å². The van der Waals surface area contributed by atoms with Crippen LogP contribution in [0.2, 0.25) is 0 Å². The van der Waals surface area contributed by atoms with Crippen molar-refractivity contribution in [3.05, 3.63) is 41.7 Å². The SMILES string of the molecule is CC(c1ccncc1)N(C)C(=O)c1nnc2n1CCCC2.O=C(O)C(F)(F)F. The van der Waals surface area contributed by atoms with Gasteiger partial charge in [-0.15, -0.1) is 10.2 Å². The second-order valence-electron chi connectivity index (χ2n) is 6.22. The van der Waals surface area contributed by atoms with E-state index in [2.05, 4.69) is 15.2 Å². The van der Waals surface area contributed by atoms with Gasteiger partial charge in [0, 0.05) is 32.4 Å². The number of carboxylic acids is 1. The van der Waals surface area contributed by atoms with Crippen molar-refractivity contribution < 1.29 is 27.9 Å². The predicted octanol–water partition coefficient (Wildman–Crippen LogP) is 2.48. The first-order chi connectivity index (χ1) is 13.1. The molecule has 0 aromatic carbocycles. The minimum Gasteiger partial charge on any atom is -0.475 e. The Kier molecular flexibility index (Phi) is 6.71. The molecule has 0 bridgehead atoms. The highest BCUT2D eigenvalue weighted by Gasteiger charge is 2.38. The summed E-state index contributed by atoms with van der Waals surface area (Å²) in [5.74, 6) is -1.46. The number of halogens is 3. The van der Waals surface area contributed by atoms with Crippen LogP contribution in [0.4, 0.5) is 13.2 Å². The van der Waals surface area contributed by atoms with Crippen molar-refractivity contribution in [1.82, 2.24) is 24.6 Å². The highest BCUT2D eigenvalue weighted by molar-refractivity contribution is 5.90. The van der Waals surface area contributed by atoms with Crippen molar-refractivity contribution in [2.24, 2.45) is 0 Å². The van der Waals surface area contributed by atoms with Gasteiger partial charge in [0.25, 0.3) is 5.91 Å². The summed E-state index contributed by atoms with van der Waals surface area (Å²) < 4.78 is 33.7. The number of nitrogens with zero attached hydrogens (tertiary/aromatic N) is 5. The molecule has 1 unspecified atom stereocenters. The van der Waals surface area contributed by atoms with Crippen molar-refractivity contribution in [1.29, 1.82) is 0 Å². The number of hydrogen-bond donors (Lipinski definition) is 1. The third-order valence-electron chi connectivity index (χ3n) is 4.38. The third kappa shape index (κ3) is 5.05. The first-order valence-electron chi connectivity index (χ1n) is 8.52. The monoisotopic (exact) mass is 399 g/mol. The Labute approximate surface area is 159 Å². The molecular formula is C17H20F3N5O3. The van der Waals surface area contributed by atoms with Gasteiger partial charge < -0.3 is 14.6 Å². The van der Waals surface area contributed by atoms with Gasteiger partial charge in [-0.2, -0.15) is 13.2 Å². The van der Waals surface area contributed by atoms with Crippen LogP contribution in [-0.4, -0.2) is 54.9 Å². The maximum Gasteiger partial charge on any atom is 0.490 e. The van der Waals surface area contributed by atoms with Gasteiger partial charge >= 0.3 is 12.1 Å². The average molecular weight is 399 g/mol. The van der Waals surface area contributed by atoms with Gasteiger partial charge in [-0.3, -0.25) is 9.78 Å². The zero-order valence-corrected chi connectivity index (χ0v) is 15.3. The fraction of sp³-hybridized carbons (Fsp3) is 0.471. The fourth-order valence-electron chi connectivity index (χ4n) is 2.67. The topological polar surface area (TPSA) is 101 Å². The molecule has 1 N–H and O–H groups in total. The Bertz CT molecular complexity index is 823. The number of hydrogen-bond acceptors (Lipinski definition) is 5. The van der Waals surface area contributed by atoms with Crippen LogP contribution in [0, 0.1) is 0 Å². The normalized spacial score (nSPS) is 14.3. The van der Waals surface area contributed by atoms with E-state index in [9.17, 15) is 18.0 Å². The molecule has 8 nitrogen and oxygen atoms in total. The summed E-state index contributed by atoms with van der Waals surface area (Å²) in [5, 5.41) is 15.4. The molecule has 1 amide bonds. The van der Waals surface area contributed by atoms with Crippen LogP contribution >= 0.6 is 0 Å². The van der Waals surface area contributed by atoms with Crippen molar-refractivity contribution in [2.45, 2.75) is 44.9 Å². The molecule has 0 radical (unpaired) electrons. The molecule has 1 aliphatic heterocycles. The molecule has 28 heavy (non-hydrogen) atoms. The lowest BCUT2D eigenvalue weighted by atomic mass is 10.1. The number of fused-ring (bicyclic) bond motifs is 1. The van der Waals surface area contributed by atoms with E-state index in [0.717, 1.165) is 37.2 Å². The molecule has 152 valence electrons. The number of amides is 1. The lowest BCUT2D eigenvalue weighted by molar-refractivity contribution is -0.192. The standard InChI is InChI=1S/C15H19N5O.C2HF3O2/c1-11(12-6-8-16-9-7-12)19(2)15(21)14-18-17-13-5-3-4-10-20(13)14;3-2(4,5)1(6)7/h6-9,11H,3-5,10H2,1-2H3;(H,6,7). The van der Waals surface area contributed by atoms with E-state index in [0.29, 0.717) is 5.82 Å². The summed E-state index contributed by atoms with van der Waals surface area (Å²) in [5.41, 5.74) is 1.05. The molecule has 2 aromatic heterocycles. The summed E-state index contributed by atoms with van der Waals surface area (Å²) in [6, 6.07) is 3.82. The van der Waals surface area contributed by atoms with Crippen LogP contribution in [0.15, 0.2) is 24.5 Å². The molecule has 0 saturated carbocycles. The van der Waals surface area contributed by atoms with Crippen LogP contribution in [0.3, 0.4) is 0 Å². The molecule has 0 fully saturated rings. The molecule has 0 saturated heterocycles. The number of rotatable bonds is 3. The van der Waals surface area contributed by atoms with Crippen molar-refractivity contribution in [2.75, 3.05) is 7.05 Å². The lowest BCUT2D eigenvalue weighted by Crippen LogP contribution is -2.32. The van der Waals surface area contributed by atoms with Crippen LogP contribution in [0.5, 0.6) is 0 Å². The molecule has 3 rings (SSSR count). The van der Waals surface area contributed by atoms with E-state index < -0.39 is 12.1 Å². The van der Waals surface area contributed by atoms with E-state index in [-0.39, 0.29) is 11.9 Å². The third-order valence-corrected chi connectivity index (χ3v) is 4.38. The van der Waals surface area contributed by atoms with Gasteiger partial charge in [0.15, 0.2) is 0 Å². The van der Waals surface area contributed by atoms with Crippen LogP contribution in [0.1, 0.15) is 47.8 Å². The van der Waals surface area contributed by atoms with Gasteiger partial charge in [-0.25, -0.2) is 4.79 Å². The van der Waals surface area contributed by atoms with E-state index in [1.54, 1.807) is 24.3 Å². The molecule has 3 heterocycles. The zero-order chi connectivity index (χ0) is 20.9. The minimum absolute atomic E-state index is 0.0305. The number of carbonyl (C=O) groups excluding carboxylic acids is 1. The quantitative estimate of drug-likeness (QED) is 0.851. The van der Waals surface area contributed by atoms with Gasteiger partial charge in [-0.05, 0) is 37.5 Å². The summed E-state index contributed by atoms with van der Waals surface area (Å²) in [4.78, 5) is 27.3. The Morgan fingerprint density at radius 1 is 1.21 bits per heavy atom. The largest absolute Gasteiger partial charge is 0.490 e. The molecule has 0 aliphatic carbocycles. The smallest absolute Gasteiger partial charge is 0.475 e. The maximum absolute atomic E-state index is 12.7. The molecule has 1 aliphatic rings. The Hall–Kier alpha value is -2.98. The van der Waals surface area contributed by atoms with E-state index in [4.69, 9.17) is 9.90 Å². The van der Waals surface area contributed by atoms with Gasteiger partial charge in [0.2, 0.25) is 5.82 Å². The molecule has 1 atom stereocenters. The van der Waals surface area contributed by atoms with Gasteiger partial charge in [0.1, 0.15) is 5.82 Å². The number of carbonyl (C=O) groups is 2. The summed E-state index contributed by atoms with van der Waals surface area (Å²) in [6.45, 7) is 2.83. The summed E-state index contributed by atoms with van der Waals surface area (Å²) in [6.07, 6.45) is 1.50. The van der Waals surface area contributed by atoms with Crippen molar-refractivity contribution in [3.63, 3.8) is 0 Å². The van der Waals surface area contributed by atoms with E-state index in [1.807, 2.05) is 23.6 Å². The predicted molar refractivity (Wildman–Crippen MR) is 91.4 cm³/mol. The van der Waals surface area contributed by atoms with Crippen molar-refractivity contribution in [3.8, 4) is 0 Å². The van der Waals surface area contributed by atoms with Gasteiger partial charge in [0.05, 0.1) is 6.04 Å². The number of carboxylic acid groups (broad SMARTS) is 1. The van der Waals surface area contributed by atoms with Crippen molar-refractivity contribution >= 4 is 11.9 Å². The molecular weight excluding hydrogens is 379 g/mol. The number of pyridine rings is 1. The average Bonchev–Trinajstić information content (AvgIpc) is 3.11. The second-order valence-corrected chi connectivity index (χ2v) is 6.22.